The van der Waals surface area contributed by atoms with Crippen molar-refractivity contribution in [3.63, 3.8) is 0 Å². The Morgan fingerprint density at radius 3 is 1.94 bits per heavy atom. The number of rotatable bonds is 4. The van der Waals surface area contributed by atoms with Crippen molar-refractivity contribution in [1.82, 2.24) is 19.9 Å². The van der Waals surface area contributed by atoms with Crippen molar-refractivity contribution in [3.05, 3.63) is 158 Å². The second-order valence-electron chi connectivity index (χ2n) is 12.3. The van der Waals surface area contributed by atoms with E-state index in [1.807, 2.05) is 42.5 Å². The lowest BCUT2D eigenvalue weighted by Gasteiger charge is -2.12. The Kier molecular flexibility index (Phi) is 6.11. The molecule has 49 heavy (non-hydrogen) atoms. The summed E-state index contributed by atoms with van der Waals surface area (Å²) in [5.74, 6) is 1.79. The summed E-state index contributed by atoms with van der Waals surface area (Å²) in [7, 11) is 0. The van der Waals surface area contributed by atoms with Crippen LogP contribution in [0.4, 0.5) is 0 Å². The van der Waals surface area contributed by atoms with Crippen molar-refractivity contribution in [3.8, 4) is 45.3 Å². The van der Waals surface area contributed by atoms with E-state index in [-0.39, 0.29) is 0 Å². The molecule has 5 nitrogen and oxygen atoms in total. The molecule has 0 fully saturated rings. The number of aromatic nitrogens is 4. The second-order valence-corrected chi connectivity index (χ2v) is 12.3. The van der Waals surface area contributed by atoms with Gasteiger partial charge in [-0.2, -0.15) is 0 Å². The minimum Gasteiger partial charge on any atom is -0.438 e. The van der Waals surface area contributed by atoms with Gasteiger partial charge >= 0.3 is 0 Å². The summed E-state index contributed by atoms with van der Waals surface area (Å²) in [6.07, 6.45) is 1.76. The van der Waals surface area contributed by atoms with Gasteiger partial charge in [0, 0.05) is 33.7 Å². The summed E-state index contributed by atoms with van der Waals surface area (Å²) in [5, 5.41) is 9.00. The lowest BCUT2D eigenvalue weighted by molar-refractivity contribution is 0.654. The first-order valence-electron chi connectivity index (χ1n) is 16.3. The van der Waals surface area contributed by atoms with Crippen LogP contribution in [0.15, 0.2) is 162 Å². The second kappa shape index (κ2) is 10.9. The van der Waals surface area contributed by atoms with E-state index in [0.29, 0.717) is 23.2 Å². The normalized spacial score (nSPS) is 11.7. The highest BCUT2D eigenvalue weighted by molar-refractivity contribution is 6.13. The summed E-state index contributed by atoms with van der Waals surface area (Å²) >= 11 is 0. The topological polar surface area (TPSA) is 64.7 Å². The van der Waals surface area contributed by atoms with Gasteiger partial charge in [-0.3, -0.25) is 0 Å². The van der Waals surface area contributed by atoms with Crippen LogP contribution in [0.25, 0.3) is 99.7 Å². The molecule has 0 amide bonds. The molecule has 0 N–H and O–H groups in total. The molecule has 0 aliphatic carbocycles. The van der Waals surface area contributed by atoms with Gasteiger partial charge in [-0.05, 0) is 79.8 Å². The van der Waals surface area contributed by atoms with Crippen LogP contribution in [0.2, 0.25) is 0 Å². The Balaban J connectivity index is 1.23. The molecule has 3 heterocycles. The van der Waals surface area contributed by atoms with Crippen LogP contribution in [-0.2, 0) is 0 Å². The third-order valence-corrected chi connectivity index (χ3v) is 9.34. The summed E-state index contributed by atoms with van der Waals surface area (Å²) in [4.78, 5) is 19.9. The Bertz CT molecular complexity index is 2890. The van der Waals surface area contributed by atoms with Crippen molar-refractivity contribution < 1.29 is 4.42 Å². The highest BCUT2D eigenvalue weighted by Gasteiger charge is 2.20. The van der Waals surface area contributed by atoms with Crippen molar-refractivity contribution >= 4 is 54.4 Å². The van der Waals surface area contributed by atoms with E-state index in [4.69, 9.17) is 19.4 Å². The van der Waals surface area contributed by atoms with Gasteiger partial charge in [0.15, 0.2) is 17.5 Å². The van der Waals surface area contributed by atoms with E-state index < -0.39 is 0 Å². The average molecular weight is 627 g/mol. The number of pyridine rings is 1. The maximum atomic E-state index is 6.42. The fraction of sp³-hybridized carbons (Fsp3) is 0. The third kappa shape index (κ3) is 4.63. The van der Waals surface area contributed by atoms with E-state index in [9.17, 15) is 0 Å². The van der Waals surface area contributed by atoms with Crippen LogP contribution in [0.3, 0.4) is 0 Å². The third-order valence-electron chi connectivity index (χ3n) is 9.34. The summed E-state index contributed by atoms with van der Waals surface area (Å²) < 4.78 is 6.42. The highest BCUT2D eigenvalue weighted by atomic mass is 16.3. The molecule has 5 heteroatoms. The van der Waals surface area contributed by atoms with Crippen molar-refractivity contribution in [1.29, 1.82) is 0 Å². The van der Waals surface area contributed by atoms with Crippen molar-refractivity contribution in [2.24, 2.45) is 0 Å². The van der Waals surface area contributed by atoms with Gasteiger partial charge in [-0.1, -0.05) is 115 Å². The van der Waals surface area contributed by atoms with Crippen molar-refractivity contribution in [2.45, 2.75) is 0 Å². The van der Waals surface area contributed by atoms with E-state index in [2.05, 4.69) is 114 Å². The Hall–Kier alpha value is -6.72. The zero-order valence-electron chi connectivity index (χ0n) is 26.2. The number of hydrogen-bond acceptors (Lipinski definition) is 5. The smallest absolute Gasteiger partial charge is 0.227 e. The molecule has 0 spiro atoms. The molecule has 0 unspecified atom stereocenters. The largest absolute Gasteiger partial charge is 0.438 e. The molecule has 0 aliphatic heterocycles. The summed E-state index contributed by atoms with van der Waals surface area (Å²) in [6, 6.07) is 52.6. The number of hydrogen-bond donors (Lipinski definition) is 0. The lowest BCUT2D eigenvalue weighted by Crippen LogP contribution is -2.00. The SMILES string of the molecule is c1ccc(-c2nc(-c3ccc4ccccc4c3)nc(-c3cc(-c4ccc5c(ccc6ccccc65)c4)cc4oc5ncccc5c34)n2)cc1. The number of benzene rings is 7. The van der Waals surface area contributed by atoms with Gasteiger partial charge in [0.2, 0.25) is 5.71 Å². The van der Waals surface area contributed by atoms with Gasteiger partial charge in [0.1, 0.15) is 5.58 Å². The standard InChI is InChI=1S/C44H26N4O/c1-2-11-29(12-3-1)41-46-42(33-19-16-27-9-4-5-13-30(27)24-33)48-43(47-41)38-25-34(26-39-40(38)37-15-8-22-45-44(37)49-39)31-20-21-36-32(23-31)18-17-28-10-6-7-14-35(28)36/h1-26H. The fourth-order valence-corrected chi connectivity index (χ4v) is 6.95. The van der Waals surface area contributed by atoms with Crippen LogP contribution in [0, 0.1) is 0 Å². The van der Waals surface area contributed by atoms with Crippen molar-refractivity contribution in [2.75, 3.05) is 0 Å². The minimum atomic E-state index is 0.571. The lowest BCUT2D eigenvalue weighted by atomic mass is 9.95. The van der Waals surface area contributed by atoms with Crippen LogP contribution >= 0.6 is 0 Å². The van der Waals surface area contributed by atoms with Crippen LogP contribution < -0.4 is 0 Å². The Morgan fingerprint density at radius 2 is 1.04 bits per heavy atom. The molecular weight excluding hydrogens is 601 g/mol. The number of fused-ring (bicyclic) bond motifs is 7. The zero-order chi connectivity index (χ0) is 32.3. The molecule has 3 aromatic heterocycles. The van der Waals surface area contributed by atoms with E-state index >= 15 is 0 Å². The molecule has 10 rings (SSSR count). The predicted octanol–water partition coefficient (Wildman–Crippen LogP) is 11.3. The predicted molar refractivity (Wildman–Crippen MR) is 199 cm³/mol. The molecule has 0 saturated carbocycles. The molecule has 0 saturated heterocycles. The van der Waals surface area contributed by atoms with Gasteiger partial charge in [-0.25, -0.2) is 19.9 Å². The fourth-order valence-electron chi connectivity index (χ4n) is 6.95. The first-order valence-corrected chi connectivity index (χ1v) is 16.3. The molecule has 0 atom stereocenters. The van der Waals surface area contributed by atoms with Gasteiger partial charge in [0.25, 0.3) is 0 Å². The van der Waals surface area contributed by atoms with Crippen LogP contribution in [0.5, 0.6) is 0 Å². The molecule has 228 valence electrons. The molecular formula is C44H26N4O. The monoisotopic (exact) mass is 626 g/mol. The van der Waals surface area contributed by atoms with E-state index in [0.717, 1.165) is 49.6 Å². The summed E-state index contributed by atoms with van der Waals surface area (Å²) in [6.45, 7) is 0. The van der Waals surface area contributed by atoms with E-state index in [1.54, 1.807) is 6.20 Å². The maximum Gasteiger partial charge on any atom is 0.227 e. The zero-order valence-corrected chi connectivity index (χ0v) is 26.2. The Labute approximate surface area is 281 Å². The van der Waals surface area contributed by atoms with Gasteiger partial charge < -0.3 is 4.42 Å². The quantitative estimate of drug-likeness (QED) is 0.182. The van der Waals surface area contributed by atoms with Crippen LogP contribution in [-0.4, -0.2) is 19.9 Å². The summed E-state index contributed by atoms with van der Waals surface area (Å²) in [5.41, 5.74) is 6.09. The molecule has 10 aromatic rings. The first-order chi connectivity index (χ1) is 24.2. The van der Waals surface area contributed by atoms with Gasteiger partial charge in [0.05, 0.1) is 0 Å². The average Bonchev–Trinajstić information content (AvgIpc) is 3.56. The highest BCUT2D eigenvalue weighted by Crippen LogP contribution is 2.40. The molecule has 0 bridgehead atoms. The molecule has 0 aliphatic rings. The van der Waals surface area contributed by atoms with Gasteiger partial charge in [-0.15, -0.1) is 0 Å². The minimum absolute atomic E-state index is 0.571. The maximum absolute atomic E-state index is 6.42. The number of nitrogens with zero attached hydrogens (tertiary/aromatic N) is 4. The molecule has 0 radical (unpaired) electrons. The first kappa shape index (κ1) is 27.4. The van der Waals surface area contributed by atoms with E-state index in [1.165, 1.54) is 26.9 Å². The number of furan rings is 1. The van der Waals surface area contributed by atoms with Crippen LogP contribution in [0.1, 0.15) is 0 Å². The Morgan fingerprint density at radius 1 is 0.388 bits per heavy atom. The molecule has 7 aromatic carbocycles.